The van der Waals surface area contributed by atoms with Crippen LogP contribution in [0.1, 0.15) is 6.42 Å². The molecule has 0 amide bonds. The maximum absolute atomic E-state index is 6.32. The lowest BCUT2D eigenvalue weighted by molar-refractivity contribution is 0.297. The summed E-state index contributed by atoms with van der Waals surface area (Å²) >= 11 is 7.91. The first-order valence-corrected chi connectivity index (χ1v) is 7.88. The summed E-state index contributed by atoms with van der Waals surface area (Å²) in [4.78, 5) is 9.97. The lowest BCUT2D eigenvalue weighted by Gasteiger charge is -2.10. The number of ether oxygens (including phenoxy) is 2. The van der Waals surface area contributed by atoms with Crippen molar-refractivity contribution in [2.45, 2.75) is 6.42 Å². The molecule has 0 bridgehead atoms. The van der Waals surface area contributed by atoms with Gasteiger partial charge in [0.25, 0.3) is 0 Å². The molecule has 2 aromatic heterocycles. The molecule has 3 aromatic rings. The van der Waals surface area contributed by atoms with E-state index < -0.39 is 0 Å². The van der Waals surface area contributed by atoms with Crippen LogP contribution < -0.4 is 9.47 Å². The number of hydrogen-bond acceptors (Lipinski definition) is 5. The summed E-state index contributed by atoms with van der Waals surface area (Å²) in [5, 5.41) is 3.20. The van der Waals surface area contributed by atoms with E-state index in [9.17, 15) is 0 Å². The van der Waals surface area contributed by atoms with E-state index in [2.05, 4.69) is 9.97 Å². The van der Waals surface area contributed by atoms with E-state index in [-0.39, 0.29) is 0 Å². The van der Waals surface area contributed by atoms with Crippen molar-refractivity contribution in [1.29, 1.82) is 0 Å². The van der Waals surface area contributed by atoms with Crippen molar-refractivity contribution < 1.29 is 9.47 Å². The molecule has 4 rings (SSSR count). The number of thiophene rings is 1. The average molecular weight is 319 g/mol. The number of aromatic nitrogens is 2. The van der Waals surface area contributed by atoms with Gasteiger partial charge in [-0.2, -0.15) is 0 Å². The van der Waals surface area contributed by atoms with Crippen LogP contribution in [0.4, 0.5) is 0 Å². The van der Waals surface area contributed by atoms with Gasteiger partial charge >= 0.3 is 0 Å². The van der Waals surface area contributed by atoms with Crippen LogP contribution in [0.2, 0.25) is 5.15 Å². The van der Waals surface area contributed by atoms with E-state index in [0.29, 0.717) is 35.7 Å². The molecule has 1 aromatic carbocycles. The second kappa shape index (κ2) is 5.16. The monoisotopic (exact) mass is 318 g/mol. The third kappa shape index (κ3) is 2.32. The third-order valence-electron chi connectivity index (χ3n) is 3.26. The highest BCUT2D eigenvalue weighted by Gasteiger charge is 2.16. The van der Waals surface area contributed by atoms with Gasteiger partial charge in [-0.1, -0.05) is 17.7 Å². The van der Waals surface area contributed by atoms with Crippen LogP contribution >= 0.6 is 22.9 Å². The van der Waals surface area contributed by atoms with Crippen LogP contribution in [0.3, 0.4) is 0 Å². The maximum Gasteiger partial charge on any atom is 0.171 e. The molecule has 0 unspecified atom stereocenters. The molecule has 0 fully saturated rings. The zero-order valence-electron chi connectivity index (χ0n) is 11.0. The quantitative estimate of drug-likeness (QED) is 0.632. The Bertz CT molecular complexity index is 805. The first-order valence-electron chi connectivity index (χ1n) is 6.62. The third-order valence-corrected chi connectivity index (χ3v) is 4.41. The number of halogens is 1. The number of fused-ring (bicyclic) bond motifs is 2. The SMILES string of the molecule is Clc1nc(-c2cccs2)nc2cc3c(cc12)OCCCO3. The zero-order valence-corrected chi connectivity index (χ0v) is 12.6. The van der Waals surface area contributed by atoms with Crippen LogP contribution in [0.5, 0.6) is 11.5 Å². The number of hydrogen-bond donors (Lipinski definition) is 0. The van der Waals surface area contributed by atoms with Crippen LogP contribution in [0.15, 0.2) is 29.6 Å². The Hall–Kier alpha value is -1.85. The van der Waals surface area contributed by atoms with E-state index in [4.69, 9.17) is 21.1 Å². The fourth-order valence-electron chi connectivity index (χ4n) is 2.26. The molecule has 6 heteroatoms. The van der Waals surface area contributed by atoms with Gasteiger partial charge in [-0.3, -0.25) is 0 Å². The van der Waals surface area contributed by atoms with Crippen LogP contribution in [0.25, 0.3) is 21.6 Å². The predicted octanol–water partition coefficient (Wildman–Crippen LogP) is 4.17. The molecule has 1 aliphatic rings. The van der Waals surface area contributed by atoms with Gasteiger partial charge in [0, 0.05) is 17.9 Å². The highest BCUT2D eigenvalue weighted by molar-refractivity contribution is 7.13. The average Bonchev–Trinajstić information content (AvgIpc) is 2.92. The minimum atomic E-state index is 0.430. The van der Waals surface area contributed by atoms with Gasteiger partial charge in [-0.15, -0.1) is 11.3 Å². The number of rotatable bonds is 1. The number of nitrogens with zero attached hydrogens (tertiary/aromatic N) is 2. The van der Waals surface area contributed by atoms with Gasteiger partial charge in [0.1, 0.15) is 5.15 Å². The summed E-state index contributed by atoms with van der Waals surface area (Å²) in [7, 11) is 0. The number of benzene rings is 1. The van der Waals surface area contributed by atoms with Crippen LogP contribution in [-0.2, 0) is 0 Å². The summed E-state index contributed by atoms with van der Waals surface area (Å²) < 4.78 is 11.4. The summed E-state index contributed by atoms with van der Waals surface area (Å²) in [6, 6.07) is 7.68. The minimum absolute atomic E-state index is 0.430. The Labute approximate surface area is 130 Å². The molecule has 0 radical (unpaired) electrons. The minimum Gasteiger partial charge on any atom is -0.490 e. The normalized spacial score (nSPS) is 14.1. The largest absolute Gasteiger partial charge is 0.490 e. The molecule has 21 heavy (non-hydrogen) atoms. The summed E-state index contributed by atoms with van der Waals surface area (Å²) in [5.74, 6) is 2.05. The molecular weight excluding hydrogens is 308 g/mol. The Morgan fingerprint density at radius 1 is 1.10 bits per heavy atom. The topological polar surface area (TPSA) is 44.2 Å². The van der Waals surface area contributed by atoms with E-state index >= 15 is 0 Å². The predicted molar refractivity (Wildman–Crippen MR) is 83.5 cm³/mol. The lowest BCUT2D eigenvalue weighted by Crippen LogP contribution is -1.97. The second-order valence-corrected chi connectivity index (χ2v) is 5.99. The molecule has 1 aliphatic heterocycles. The molecular formula is C15H11ClN2O2S. The van der Waals surface area contributed by atoms with Crippen molar-refractivity contribution in [3.8, 4) is 22.2 Å². The fraction of sp³-hybridized carbons (Fsp3) is 0.200. The summed E-state index contributed by atoms with van der Waals surface area (Å²) in [6.45, 7) is 1.29. The molecule has 0 spiro atoms. The molecule has 0 aliphatic carbocycles. The first kappa shape index (κ1) is 12.9. The molecule has 106 valence electrons. The lowest BCUT2D eigenvalue weighted by atomic mass is 10.2. The smallest absolute Gasteiger partial charge is 0.171 e. The van der Waals surface area contributed by atoms with Gasteiger partial charge in [0.15, 0.2) is 17.3 Å². The van der Waals surface area contributed by atoms with Crippen LogP contribution in [0, 0.1) is 0 Å². The van der Waals surface area contributed by atoms with Gasteiger partial charge in [0.05, 0.1) is 23.6 Å². The van der Waals surface area contributed by atoms with Crippen molar-refractivity contribution in [2.75, 3.05) is 13.2 Å². The van der Waals surface area contributed by atoms with Crippen LogP contribution in [-0.4, -0.2) is 23.2 Å². The van der Waals surface area contributed by atoms with Crippen molar-refractivity contribution in [1.82, 2.24) is 9.97 Å². The highest BCUT2D eigenvalue weighted by atomic mass is 35.5. The van der Waals surface area contributed by atoms with Gasteiger partial charge < -0.3 is 9.47 Å². The maximum atomic E-state index is 6.32. The molecule has 0 saturated heterocycles. The Morgan fingerprint density at radius 3 is 2.67 bits per heavy atom. The van der Waals surface area contributed by atoms with Gasteiger partial charge in [-0.25, -0.2) is 9.97 Å². The molecule has 4 nitrogen and oxygen atoms in total. The molecule has 0 saturated carbocycles. The molecule has 0 N–H and O–H groups in total. The van der Waals surface area contributed by atoms with Crippen molar-refractivity contribution in [2.24, 2.45) is 0 Å². The Balaban J connectivity index is 1.92. The molecule has 0 atom stereocenters. The Morgan fingerprint density at radius 2 is 1.90 bits per heavy atom. The summed E-state index contributed by atoms with van der Waals surface area (Å²) in [6.07, 6.45) is 0.866. The standard InChI is InChI=1S/C15H11ClN2O2S/c16-14-9-7-11-12(20-5-2-4-19-11)8-10(9)17-15(18-14)13-3-1-6-21-13/h1,3,6-8H,2,4-5H2. The first-order chi connectivity index (χ1) is 10.3. The van der Waals surface area contributed by atoms with E-state index in [1.807, 2.05) is 29.6 Å². The second-order valence-electron chi connectivity index (χ2n) is 4.68. The molecule has 3 heterocycles. The summed E-state index contributed by atoms with van der Waals surface area (Å²) in [5.41, 5.74) is 0.766. The van der Waals surface area contributed by atoms with Gasteiger partial charge in [-0.05, 0) is 17.5 Å². The Kier molecular flexibility index (Phi) is 3.16. The van der Waals surface area contributed by atoms with E-state index in [0.717, 1.165) is 22.2 Å². The van der Waals surface area contributed by atoms with Gasteiger partial charge in [0.2, 0.25) is 0 Å². The fourth-order valence-corrected chi connectivity index (χ4v) is 3.15. The van der Waals surface area contributed by atoms with E-state index in [1.165, 1.54) is 0 Å². The van der Waals surface area contributed by atoms with Crippen molar-refractivity contribution in [3.63, 3.8) is 0 Å². The zero-order chi connectivity index (χ0) is 14.2. The van der Waals surface area contributed by atoms with E-state index in [1.54, 1.807) is 11.3 Å². The van der Waals surface area contributed by atoms with Crippen molar-refractivity contribution >= 4 is 33.8 Å². The highest BCUT2D eigenvalue weighted by Crippen LogP contribution is 2.36. The van der Waals surface area contributed by atoms with Crippen molar-refractivity contribution in [3.05, 3.63) is 34.8 Å².